The van der Waals surface area contributed by atoms with E-state index in [9.17, 15) is 4.79 Å². The third-order valence-corrected chi connectivity index (χ3v) is 5.73. The summed E-state index contributed by atoms with van der Waals surface area (Å²) in [6.07, 6.45) is 2.39. The SMILES string of the molecule is CN1CCCN(c2nc(Cc3ccc4c(c3)OCO4)nc3c2CCNC3=O)CC1. The lowest BCUT2D eigenvalue weighted by molar-refractivity contribution is 0.0940. The summed E-state index contributed by atoms with van der Waals surface area (Å²) in [4.78, 5) is 26.8. The van der Waals surface area contributed by atoms with Gasteiger partial charge in [-0.25, -0.2) is 9.97 Å². The number of likely N-dealkylation sites (N-methyl/N-ethyl adjacent to an activating group) is 1. The molecule has 1 aromatic heterocycles. The summed E-state index contributed by atoms with van der Waals surface area (Å²) in [7, 11) is 2.15. The normalized spacial score (nSPS) is 18.9. The van der Waals surface area contributed by atoms with Crippen LogP contribution in [0.5, 0.6) is 11.5 Å². The molecular formula is C21H25N5O3. The maximum Gasteiger partial charge on any atom is 0.270 e. The van der Waals surface area contributed by atoms with Gasteiger partial charge in [-0.15, -0.1) is 0 Å². The van der Waals surface area contributed by atoms with Crippen LogP contribution in [0.2, 0.25) is 0 Å². The largest absolute Gasteiger partial charge is 0.454 e. The number of carbonyl (C=O) groups excluding carboxylic acids is 1. The number of nitrogens with one attached hydrogen (secondary N) is 1. The molecule has 0 aliphatic carbocycles. The molecule has 152 valence electrons. The zero-order valence-electron chi connectivity index (χ0n) is 16.6. The van der Waals surface area contributed by atoms with Crippen molar-refractivity contribution >= 4 is 11.7 Å². The van der Waals surface area contributed by atoms with E-state index >= 15 is 0 Å². The second kappa shape index (κ2) is 7.51. The van der Waals surface area contributed by atoms with Crippen LogP contribution in [0.1, 0.15) is 33.9 Å². The van der Waals surface area contributed by atoms with Crippen LogP contribution in [-0.4, -0.2) is 67.3 Å². The molecule has 1 N–H and O–H groups in total. The molecule has 5 rings (SSSR count). The van der Waals surface area contributed by atoms with Crippen molar-refractivity contribution in [3.63, 3.8) is 0 Å². The Kier molecular flexibility index (Phi) is 4.71. The van der Waals surface area contributed by atoms with Gasteiger partial charge in [0.2, 0.25) is 6.79 Å². The average molecular weight is 395 g/mol. The van der Waals surface area contributed by atoms with Crippen LogP contribution in [0.4, 0.5) is 5.82 Å². The Labute approximate surface area is 169 Å². The van der Waals surface area contributed by atoms with Crippen LogP contribution in [0, 0.1) is 0 Å². The van der Waals surface area contributed by atoms with E-state index in [2.05, 4.69) is 27.1 Å². The van der Waals surface area contributed by atoms with E-state index in [-0.39, 0.29) is 12.7 Å². The first kappa shape index (κ1) is 18.2. The molecule has 0 spiro atoms. The van der Waals surface area contributed by atoms with Gasteiger partial charge in [0, 0.05) is 38.2 Å². The van der Waals surface area contributed by atoms with Crippen LogP contribution >= 0.6 is 0 Å². The van der Waals surface area contributed by atoms with Crippen LogP contribution in [0.25, 0.3) is 0 Å². The maximum atomic E-state index is 12.5. The van der Waals surface area contributed by atoms with Crippen molar-refractivity contribution in [2.24, 2.45) is 0 Å². The summed E-state index contributed by atoms with van der Waals surface area (Å²) in [6, 6.07) is 5.87. The van der Waals surface area contributed by atoms with Crippen LogP contribution in [0.15, 0.2) is 18.2 Å². The van der Waals surface area contributed by atoms with Gasteiger partial charge in [0.1, 0.15) is 17.3 Å². The summed E-state index contributed by atoms with van der Waals surface area (Å²) in [5.74, 6) is 2.99. The van der Waals surface area contributed by atoms with E-state index in [4.69, 9.17) is 14.5 Å². The lowest BCUT2D eigenvalue weighted by Crippen LogP contribution is -2.37. The highest BCUT2D eigenvalue weighted by Gasteiger charge is 2.27. The topological polar surface area (TPSA) is 79.8 Å². The highest BCUT2D eigenvalue weighted by Crippen LogP contribution is 2.33. The lowest BCUT2D eigenvalue weighted by Gasteiger charge is -2.27. The third-order valence-electron chi connectivity index (χ3n) is 5.73. The zero-order valence-corrected chi connectivity index (χ0v) is 16.6. The van der Waals surface area contributed by atoms with Crippen LogP contribution < -0.4 is 19.7 Å². The van der Waals surface area contributed by atoms with Crippen LogP contribution in [-0.2, 0) is 12.8 Å². The Morgan fingerprint density at radius 2 is 2.00 bits per heavy atom. The minimum absolute atomic E-state index is 0.103. The van der Waals surface area contributed by atoms with Crippen molar-refractivity contribution in [1.82, 2.24) is 20.2 Å². The molecule has 29 heavy (non-hydrogen) atoms. The second-order valence-corrected chi connectivity index (χ2v) is 7.80. The average Bonchev–Trinajstić information content (AvgIpc) is 3.08. The van der Waals surface area contributed by atoms with Crippen LogP contribution in [0.3, 0.4) is 0 Å². The van der Waals surface area contributed by atoms with Crippen molar-refractivity contribution in [1.29, 1.82) is 0 Å². The number of fused-ring (bicyclic) bond motifs is 2. The van der Waals surface area contributed by atoms with Gasteiger partial charge in [0.05, 0.1) is 0 Å². The second-order valence-electron chi connectivity index (χ2n) is 7.80. The minimum Gasteiger partial charge on any atom is -0.454 e. The van der Waals surface area contributed by atoms with E-state index in [0.717, 1.165) is 67.5 Å². The van der Waals surface area contributed by atoms with Gasteiger partial charge in [-0.2, -0.15) is 0 Å². The molecule has 1 saturated heterocycles. The van der Waals surface area contributed by atoms with Crippen molar-refractivity contribution in [3.05, 3.63) is 40.8 Å². The highest BCUT2D eigenvalue weighted by atomic mass is 16.7. The molecule has 8 heteroatoms. The van der Waals surface area contributed by atoms with E-state index < -0.39 is 0 Å². The molecule has 2 aromatic rings. The van der Waals surface area contributed by atoms with E-state index in [1.54, 1.807) is 0 Å². The fourth-order valence-electron chi connectivity index (χ4n) is 4.15. The molecular weight excluding hydrogens is 370 g/mol. The highest BCUT2D eigenvalue weighted by molar-refractivity contribution is 5.96. The summed E-state index contributed by atoms with van der Waals surface area (Å²) in [5.41, 5.74) is 2.54. The summed E-state index contributed by atoms with van der Waals surface area (Å²) >= 11 is 0. The molecule has 0 atom stereocenters. The molecule has 3 aliphatic rings. The van der Waals surface area contributed by atoms with Crippen molar-refractivity contribution < 1.29 is 14.3 Å². The van der Waals surface area contributed by atoms with E-state index in [1.165, 1.54) is 0 Å². The van der Waals surface area contributed by atoms with Gasteiger partial charge in [-0.3, -0.25) is 4.79 Å². The third kappa shape index (κ3) is 3.60. The number of aromatic nitrogens is 2. The molecule has 1 amide bonds. The van der Waals surface area contributed by atoms with Crippen molar-refractivity contribution in [2.75, 3.05) is 51.5 Å². The first-order chi connectivity index (χ1) is 14.2. The standard InChI is InChI=1S/C21H25N5O3/c1-25-7-2-8-26(10-9-25)20-15-5-6-22-21(27)19(15)23-18(24-20)12-14-3-4-16-17(11-14)29-13-28-16/h3-4,11H,2,5-10,12-13H2,1H3,(H,22,27). The first-order valence-corrected chi connectivity index (χ1v) is 10.2. The van der Waals surface area contributed by atoms with E-state index in [1.807, 2.05) is 18.2 Å². The Morgan fingerprint density at radius 1 is 1.10 bits per heavy atom. The van der Waals surface area contributed by atoms with Gasteiger partial charge >= 0.3 is 0 Å². The zero-order chi connectivity index (χ0) is 19.8. The molecule has 0 unspecified atom stereocenters. The fraction of sp³-hybridized carbons (Fsp3) is 0.476. The number of hydrogen-bond acceptors (Lipinski definition) is 7. The molecule has 4 heterocycles. The number of amides is 1. The minimum atomic E-state index is -0.103. The lowest BCUT2D eigenvalue weighted by atomic mass is 10.0. The predicted molar refractivity (Wildman–Crippen MR) is 108 cm³/mol. The van der Waals surface area contributed by atoms with Gasteiger partial charge in [-0.1, -0.05) is 6.07 Å². The van der Waals surface area contributed by atoms with Gasteiger partial charge < -0.3 is 24.6 Å². The summed E-state index contributed by atoms with van der Waals surface area (Å²) < 4.78 is 10.9. The molecule has 0 bridgehead atoms. The quantitative estimate of drug-likeness (QED) is 0.837. The smallest absolute Gasteiger partial charge is 0.270 e. The number of ether oxygens (including phenoxy) is 2. The number of carbonyl (C=O) groups is 1. The summed E-state index contributed by atoms with van der Waals surface area (Å²) in [5, 5.41) is 2.92. The Bertz CT molecular complexity index is 948. The monoisotopic (exact) mass is 395 g/mol. The molecule has 1 aromatic carbocycles. The maximum absolute atomic E-state index is 12.5. The molecule has 0 saturated carbocycles. The van der Waals surface area contributed by atoms with Gasteiger partial charge in [0.15, 0.2) is 11.5 Å². The van der Waals surface area contributed by atoms with Crippen molar-refractivity contribution in [2.45, 2.75) is 19.3 Å². The van der Waals surface area contributed by atoms with E-state index in [0.29, 0.717) is 24.5 Å². The number of benzene rings is 1. The van der Waals surface area contributed by atoms with Crippen molar-refractivity contribution in [3.8, 4) is 11.5 Å². The first-order valence-electron chi connectivity index (χ1n) is 10.2. The fourth-order valence-corrected chi connectivity index (χ4v) is 4.15. The summed E-state index contributed by atoms with van der Waals surface area (Å²) in [6.45, 7) is 4.81. The number of anilines is 1. The van der Waals surface area contributed by atoms with Gasteiger partial charge in [0.25, 0.3) is 5.91 Å². The number of rotatable bonds is 3. The van der Waals surface area contributed by atoms with Gasteiger partial charge in [-0.05, 0) is 44.1 Å². The number of hydrogen-bond donors (Lipinski definition) is 1. The number of nitrogens with zero attached hydrogens (tertiary/aromatic N) is 4. The molecule has 1 fully saturated rings. The predicted octanol–water partition coefficient (Wildman–Crippen LogP) is 1.22. The molecule has 0 radical (unpaired) electrons. The Balaban J connectivity index is 1.50. The Morgan fingerprint density at radius 3 is 2.93 bits per heavy atom. The molecule has 3 aliphatic heterocycles. The Hall–Kier alpha value is -2.87. The molecule has 8 nitrogen and oxygen atoms in total.